The SMILES string of the molecule is CCOc1cc(/C=C2\C(=O)NC(=O)N(c3ccc(C)cc3)C2=O)cc(Br)c1OCC(=O)O. The Bertz CT molecular complexity index is 1130. The van der Waals surface area contributed by atoms with E-state index in [1.165, 1.54) is 12.1 Å². The maximum Gasteiger partial charge on any atom is 0.341 e. The van der Waals surface area contributed by atoms with Crippen LogP contribution in [0.4, 0.5) is 10.5 Å². The smallest absolute Gasteiger partial charge is 0.341 e. The lowest BCUT2D eigenvalue weighted by molar-refractivity contribution is -0.139. The number of urea groups is 1. The number of amides is 4. The monoisotopic (exact) mass is 502 g/mol. The molecule has 0 saturated carbocycles. The summed E-state index contributed by atoms with van der Waals surface area (Å²) in [6.07, 6.45) is 1.32. The molecule has 0 unspecified atom stereocenters. The van der Waals surface area contributed by atoms with Crippen molar-refractivity contribution in [1.82, 2.24) is 5.32 Å². The molecule has 1 aliphatic heterocycles. The number of benzene rings is 2. The van der Waals surface area contributed by atoms with E-state index in [0.29, 0.717) is 15.7 Å². The molecule has 0 spiro atoms. The second-order valence-corrected chi connectivity index (χ2v) is 7.59. The molecule has 0 aliphatic carbocycles. The number of nitrogens with zero attached hydrogens (tertiary/aromatic N) is 1. The van der Waals surface area contributed by atoms with E-state index in [1.54, 1.807) is 37.3 Å². The third-order valence-corrected chi connectivity index (χ3v) is 4.97. The van der Waals surface area contributed by atoms with Gasteiger partial charge in [0.1, 0.15) is 5.57 Å². The number of barbiturate groups is 1. The van der Waals surface area contributed by atoms with Crippen molar-refractivity contribution in [1.29, 1.82) is 0 Å². The number of hydrogen-bond donors (Lipinski definition) is 2. The number of hydrogen-bond acceptors (Lipinski definition) is 6. The molecule has 9 nitrogen and oxygen atoms in total. The van der Waals surface area contributed by atoms with Crippen LogP contribution >= 0.6 is 15.9 Å². The lowest BCUT2D eigenvalue weighted by Gasteiger charge is -2.26. The highest BCUT2D eigenvalue weighted by Gasteiger charge is 2.36. The number of carboxylic acid groups (broad SMARTS) is 1. The number of carboxylic acids is 1. The van der Waals surface area contributed by atoms with Crippen molar-refractivity contribution in [2.24, 2.45) is 0 Å². The predicted octanol–water partition coefficient (Wildman–Crippen LogP) is 3.29. The number of halogens is 1. The highest BCUT2D eigenvalue weighted by molar-refractivity contribution is 9.10. The zero-order valence-electron chi connectivity index (χ0n) is 17.2. The summed E-state index contributed by atoms with van der Waals surface area (Å²) < 4.78 is 11.2. The van der Waals surface area contributed by atoms with Gasteiger partial charge in [-0.15, -0.1) is 0 Å². The molecule has 0 atom stereocenters. The Hall–Kier alpha value is -3.66. The highest BCUT2D eigenvalue weighted by atomic mass is 79.9. The summed E-state index contributed by atoms with van der Waals surface area (Å²) in [5, 5.41) is 11.0. The van der Waals surface area contributed by atoms with Crippen LogP contribution in [0.25, 0.3) is 6.08 Å². The third kappa shape index (κ3) is 4.97. The number of imide groups is 2. The summed E-state index contributed by atoms with van der Waals surface area (Å²) in [7, 11) is 0. The molecular weight excluding hydrogens is 484 g/mol. The molecule has 2 N–H and O–H groups in total. The van der Waals surface area contributed by atoms with Crippen LogP contribution in [-0.2, 0) is 14.4 Å². The second-order valence-electron chi connectivity index (χ2n) is 6.74. The van der Waals surface area contributed by atoms with Crippen molar-refractivity contribution < 1.29 is 33.8 Å². The van der Waals surface area contributed by atoms with Crippen molar-refractivity contribution in [3.05, 3.63) is 57.6 Å². The number of anilines is 1. The standard InChI is InChI=1S/C22H19BrN2O7/c1-3-31-17-10-13(9-16(23)19(17)32-11-18(26)27)8-15-20(28)24-22(30)25(21(15)29)14-6-4-12(2)5-7-14/h4-10H,3,11H2,1-2H3,(H,26,27)(H,24,28,30)/b15-8+. The first-order valence-corrected chi connectivity index (χ1v) is 10.3. The Kier molecular flexibility index (Phi) is 6.94. The Balaban J connectivity index is 2.00. The summed E-state index contributed by atoms with van der Waals surface area (Å²) in [6.45, 7) is 3.30. The van der Waals surface area contributed by atoms with Gasteiger partial charge in [-0.25, -0.2) is 14.5 Å². The number of aryl methyl sites for hydroxylation is 1. The fourth-order valence-electron chi connectivity index (χ4n) is 2.96. The molecule has 1 aliphatic rings. The maximum absolute atomic E-state index is 13.0. The van der Waals surface area contributed by atoms with Gasteiger partial charge in [0, 0.05) is 0 Å². The molecule has 166 valence electrons. The lowest BCUT2D eigenvalue weighted by atomic mass is 10.1. The van der Waals surface area contributed by atoms with Crippen molar-refractivity contribution in [3.8, 4) is 11.5 Å². The van der Waals surface area contributed by atoms with E-state index < -0.39 is 30.4 Å². The first-order valence-electron chi connectivity index (χ1n) is 9.50. The van der Waals surface area contributed by atoms with Crippen LogP contribution in [0.15, 0.2) is 46.4 Å². The number of nitrogens with one attached hydrogen (secondary N) is 1. The summed E-state index contributed by atoms with van der Waals surface area (Å²) in [5.74, 6) is -2.36. The molecule has 3 rings (SSSR count). The summed E-state index contributed by atoms with van der Waals surface area (Å²) in [6, 6.07) is 8.92. The Morgan fingerprint density at radius 2 is 1.84 bits per heavy atom. The van der Waals surface area contributed by atoms with E-state index in [-0.39, 0.29) is 23.7 Å². The van der Waals surface area contributed by atoms with E-state index >= 15 is 0 Å². The minimum atomic E-state index is -1.16. The van der Waals surface area contributed by atoms with Crippen LogP contribution in [0.2, 0.25) is 0 Å². The number of carbonyl (C=O) groups excluding carboxylic acids is 3. The average Bonchev–Trinajstić information content (AvgIpc) is 2.72. The second kappa shape index (κ2) is 9.65. The predicted molar refractivity (Wildman–Crippen MR) is 119 cm³/mol. The molecular formula is C22H19BrN2O7. The van der Waals surface area contributed by atoms with Gasteiger partial charge in [0.05, 0.1) is 16.8 Å². The quantitative estimate of drug-likeness (QED) is 0.439. The fourth-order valence-corrected chi connectivity index (χ4v) is 3.53. The van der Waals surface area contributed by atoms with Crippen LogP contribution in [0.3, 0.4) is 0 Å². The minimum Gasteiger partial charge on any atom is -0.490 e. The molecule has 32 heavy (non-hydrogen) atoms. The van der Waals surface area contributed by atoms with Crippen molar-refractivity contribution in [2.75, 3.05) is 18.1 Å². The van der Waals surface area contributed by atoms with Gasteiger partial charge in [0.25, 0.3) is 11.8 Å². The maximum atomic E-state index is 13.0. The van der Waals surface area contributed by atoms with Crippen molar-refractivity contribution in [3.63, 3.8) is 0 Å². The van der Waals surface area contributed by atoms with Crippen LogP contribution in [0.5, 0.6) is 11.5 Å². The zero-order valence-corrected chi connectivity index (χ0v) is 18.8. The molecule has 1 saturated heterocycles. The summed E-state index contributed by atoms with van der Waals surface area (Å²) >= 11 is 3.30. The minimum absolute atomic E-state index is 0.173. The molecule has 0 aromatic heterocycles. The summed E-state index contributed by atoms with van der Waals surface area (Å²) in [5.41, 5.74) is 1.42. The molecule has 4 amide bonds. The van der Waals surface area contributed by atoms with Crippen LogP contribution in [0, 0.1) is 6.92 Å². The van der Waals surface area contributed by atoms with Crippen LogP contribution < -0.4 is 19.7 Å². The van der Waals surface area contributed by atoms with E-state index in [1.807, 2.05) is 6.92 Å². The van der Waals surface area contributed by atoms with Gasteiger partial charge >= 0.3 is 12.0 Å². The molecule has 0 bridgehead atoms. The average molecular weight is 503 g/mol. The Morgan fingerprint density at radius 3 is 2.47 bits per heavy atom. The molecule has 2 aromatic carbocycles. The molecule has 0 radical (unpaired) electrons. The van der Waals surface area contributed by atoms with Gasteiger partial charge in [-0.1, -0.05) is 17.7 Å². The number of rotatable bonds is 7. The van der Waals surface area contributed by atoms with E-state index in [9.17, 15) is 19.2 Å². The van der Waals surface area contributed by atoms with Gasteiger partial charge in [-0.2, -0.15) is 0 Å². The van der Waals surface area contributed by atoms with Gasteiger partial charge in [0.2, 0.25) is 0 Å². The largest absolute Gasteiger partial charge is 0.490 e. The Morgan fingerprint density at radius 1 is 1.16 bits per heavy atom. The van der Waals surface area contributed by atoms with Crippen molar-refractivity contribution in [2.45, 2.75) is 13.8 Å². The normalized spacial score (nSPS) is 15.0. The molecule has 1 heterocycles. The fraction of sp³-hybridized carbons (Fsp3) is 0.182. The third-order valence-electron chi connectivity index (χ3n) is 4.38. The van der Waals surface area contributed by atoms with E-state index in [4.69, 9.17) is 14.6 Å². The van der Waals surface area contributed by atoms with Crippen LogP contribution in [0.1, 0.15) is 18.1 Å². The molecule has 1 fully saturated rings. The first-order chi connectivity index (χ1) is 15.2. The topological polar surface area (TPSA) is 122 Å². The van der Waals surface area contributed by atoms with Crippen LogP contribution in [-0.4, -0.2) is 42.1 Å². The van der Waals surface area contributed by atoms with Gasteiger partial charge in [0.15, 0.2) is 18.1 Å². The summed E-state index contributed by atoms with van der Waals surface area (Å²) in [4.78, 5) is 49.5. The number of aliphatic carboxylic acids is 1. The molecule has 10 heteroatoms. The lowest BCUT2D eigenvalue weighted by Crippen LogP contribution is -2.54. The van der Waals surface area contributed by atoms with E-state index in [0.717, 1.165) is 10.5 Å². The number of carbonyl (C=O) groups is 4. The van der Waals surface area contributed by atoms with Gasteiger partial charge in [-0.05, 0) is 65.7 Å². The van der Waals surface area contributed by atoms with E-state index in [2.05, 4.69) is 21.2 Å². The van der Waals surface area contributed by atoms with Gasteiger partial charge < -0.3 is 14.6 Å². The van der Waals surface area contributed by atoms with Crippen molar-refractivity contribution >= 4 is 51.5 Å². The number of ether oxygens (including phenoxy) is 2. The highest BCUT2D eigenvalue weighted by Crippen LogP contribution is 2.38. The zero-order chi connectivity index (χ0) is 23.4. The first kappa shape index (κ1) is 23.0. The van der Waals surface area contributed by atoms with Gasteiger partial charge in [-0.3, -0.25) is 14.9 Å². The molecule has 2 aromatic rings. The Labute approximate surface area is 191 Å².